The number of amides is 2. The molecule has 3 saturated carbocycles. The third-order valence-electron chi connectivity index (χ3n) is 11.4. The number of hydrazone groups is 2. The molecule has 0 spiro atoms. The topological polar surface area (TPSA) is 103 Å². The lowest BCUT2D eigenvalue weighted by Crippen LogP contribution is -2.57. The molecule has 4 rings (SSSR count). The van der Waals surface area contributed by atoms with Crippen molar-refractivity contribution < 1.29 is 14.7 Å². The maximum atomic E-state index is 12.3. The Kier molecular flexibility index (Phi) is 9.95. The summed E-state index contributed by atoms with van der Waals surface area (Å²) in [5.74, 6) is 1.61. The van der Waals surface area contributed by atoms with Crippen LogP contribution in [0, 0.1) is 28.6 Å². The molecule has 40 heavy (non-hydrogen) atoms. The molecule has 0 heterocycles. The average Bonchev–Trinajstić information content (AvgIpc) is 3.22. The molecule has 4 aliphatic rings. The van der Waals surface area contributed by atoms with Gasteiger partial charge in [-0.2, -0.15) is 10.2 Å². The van der Waals surface area contributed by atoms with Crippen molar-refractivity contribution in [3.05, 3.63) is 11.6 Å². The summed E-state index contributed by atoms with van der Waals surface area (Å²) in [4.78, 5) is 24.4. The molecule has 0 aromatic heterocycles. The van der Waals surface area contributed by atoms with Gasteiger partial charge in [0.2, 0.25) is 11.8 Å². The second kappa shape index (κ2) is 12.9. The van der Waals surface area contributed by atoms with E-state index in [9.17, 15) is 14.7 Å². The summed E-state index contributed by atoms with van der Waals surface area (Å²) in [6.07, 6.45) is 17.4. The Labute approximate surface area is 242 Å². The molecule has 2 amide bonds. The molecule has 0 aliphatic heterocycles. The van der Waals surface area contributed by atoms with Crippen LogP contribution in [0.5, 0.6) is 0 Å². The van der Waals surface area contributed by atoms with Gasteiger partial charge in [0, 0.05) is 18.3 Å². The van der Waals surface area contributed by atoms with Crippen LogP contribution in [0.3, 0.4) is 0 Å². The second-order valence-electron chi connectivity index (χ2n) is 13.6. The van der Waals surface area contributed by atoms with Crippen molar-refractivity contribution in [2.75, 3.05) is 0 Å². The Morgan fingerprint density at radius 3 is 2.23 bits per heavy atom. The number of nitrogens with one attached hydrogen (secondary N) is 2. The van der Waals surface area contributed by atoms with Gasteiger partial charge in [-0.3, -0.25) is 9.59 Å². The van der Waals surface area contributed by atoms with E-state index < -0.39 is 5.60 Å². The number of nitrogens with zero attached hydrogens (tertiary/aromatic N) is 2. The highest BCUT2D eigenvalue weighted by Crippen LogP contribution is 2.67. The summed E-state index contributed by atoms with van der Waals surface area (Å²) in [6, 6.07) is 0. The van der Waals surface area contributed by atoms with Crippen LogP contribution in [0.1, 0.15) is 137 Å². The molecule has 0 bridgehead atoms. The van der Waals surface area contributed by atoms with Crippen LogP contribution in [0.2, 0.25) is 0 Å². The van der Waals surface area contributed by atoms with Crippen molar-refractivity contribution in [3.63, 3.8) is 0 Å². The van der Waals surface area contributed by atoms with Crippen molar-refractivity contribution in [1.82, 2.24) is 10.9 Å². The molecular weight excluding hydrogens is 500 g/mol. The molecule has 0 saturated heterocycles. The molecular formula is C33H54N4O3. The van der Waals surface area contributed by atoms with Gasteiger partial charge in [-0.1, -0.05) is 59.0 Å². The molecule has 3 fully saturated rings. The first kappa shape index (κ1) is 30.9. The Bertz CT molecular complexity index is 1030. The van der Waals surface area contributed by atoms with Gasteiger partial charge in [0.05, 0.1) is 11.4 Å². The van der Waals surface area contributed by atoms with Gasteiger partial charge >= 0.3 is 0 Å². The van der Waals surface area contributed by atoms with Gasteiger partial charge < -0.3 is 5.11 Å². The number of fused-ring (bicyclic) bond motifs is 5. The number of rotatable bonds is 11. The minimum Gasteiger partial charge on any atom is -0.383 e. The first-order valence-electron chi connectivity index (χ1n) is 16.2. The number of aliphatic hydroxyl groups is 1. The van der Waals surface area contributed by atoms with Gasteiger partial charge in [-0.15, -0.1) is 0 Å². The van der Waals surface area contributed by atoms with Crippen LogP contribution in [0.4, 0.5) is 0 Å². The van der Waals surface area contributed by atoms with E-state index in [2.05, 4.69) is 54.8 Å². The summed E-state index contributed by atoms with van der Waals surface area (Å²) in [7, 11) is 0. The van der Waals surface area contributed by atoms with E-state index in [1.165, 1.54) is 5.57 Å². The van der Waals surface area contributed by atoms with E-state index in [-0.39, 0.29) is 22.6 Å². The molecule has 0 radical (unpaired) electrons. The van der Waals surface area contributed by atoms with E-state index in [1.54, 1.807) is 0 Å². The lowest BCUT2D eigenvalue weighted by Gasteiger charge is -2.59. The molecule has 4 aliphatic carbocycles. The summed E-state index contributed by atoms with van der Waals surface area (Å²) in [5.41, 5.74) is 7.66. The molecule has 0 aromatic rings. The molecule has 0 aromatic carbocycles. The zero-order chi connectivity index (χ0) is 29.0. The number of allylic oxidation sites excluding steroid dienone is 2. The van der Waals surface area contributed by atoms with Crippen LogP contribution in [-0.2, 0) is 9.59 Å². The van der Waals surface area contributed by atoms with E-state index in [0.717, 1.165) is 89.2 Å². The lowest BCUT2D eigenvalue weighted by molar-refractivity contribution is -0.122. The SMILES string of the molecule is CCCCCC(=O)NN=C1C=C2CC[C@@H]3[C@H](CC[C@@]4(C)[C@H]3CC[C@]4(O)C(C)=NNC(=O)CCCCC)[C@@]2(C)CC1. The van der Waals surface area contributed by atoms with Crippen molar-refractivity contribution in [3.8, 4) is 0 Å². The van der Waals surface area contributed by atoms with E-state index in [1.807, 2.05) is 6.92 Å². The molecule has 3 N–H and O–H groups in total. The van der Waals surface area contributed by atoms with Crippen LogP contribution < -0.4 is 10.9 Å². The minimum absolute atomic E-state index is 0.0200. The third kappa shape index (κ3) is 5.96. The highest BCUT2D eigenvalue weighted by Gasteiger charge is 2.64. The van der Waals surface area contributed by atoms with Crippen LogP contribution in [0.15, 0.2) is 21.9 Å². The number of carbonyl (C=O) groups excluding carboxylic acids is 2. The summed E-state index contributed by atoms with van der Waals surface area (Å²) in [5, 5.41) is 21.0. The smallest absolute Gasteiger partial charge is 0.240 e. The van der Waals surface area contributed by atoms with E-state index in [4.69, 9.17) is 0 Å². The number of carbonyl (C=O) groups is 2. The first-order chi connectivity index (χ1) is 19.1. The fourth-order valence-corrected chi connectivity index (χ4v) is 8.83. The zero-order valence-corrected chi connectivity index (χ0v) is 25.8. The fraction of sp³-hybridized carbons (Fsp3) is 0.818. The number of hydrogen-bond donors (Lipinski definition) is 3. The minimum atomic E-state index is -0.974. The maximum absolute atomic E-state index is 12.3. The van der Waals surface area contributed by atoms with Crippen LogP contribution in [0.25, 0.3) is 0 Å². The highest BCUT2D eigenvalue weighted by atomic mass is 16.3. The molecule has 224 valence electrons. The highest BCUT2D eigenvalue weighted by molar-refractivity contribution is 5.97. The van der Waals surface area contributed by atoms with Gasteiger partial charge in [-0.05, 0) is 100 Å². The quantitative estimate of drug-likeness (QED) is 0.149. The van der Waals surface area contributed by atoms with Crippen LogP contribution in [-0.4, -0.2) is 33.9 Å². The van der Waals surface area contributed by atoms with Crippen LogP contribution >= 0.6 is 0 Å². The maximum Gasteiger partial charge on any atom is 0.240 e. The Morgan fingerprint density at radius 1 is 0.900 bits per heavy atom. The predicted octanol–water partition coefficient (Wildman–Crippen LogP) is 6.81. The van der Waals surface area contributed by atoms with Crippen molar-refractivity contribution in [1.29, 1.82) is 0 Å². The number of hydrogen-bond acceptors (Lipinski definition) is 5. The van der Waals surface area contributed by atoms with E-state index in [0.29, 0.717) is 42.7 Å². The second-order valence-corrected chi connectivity index (χ2v) is 13.6. The number of unbranched alkanes of at least 4 members (excludes halogenated alkanes) is 4. The summed E-state index contributed by atoms with van der Waals surface area (Å²) < 4.78 is 0. The summed E-state index contributed by atoms with van der Waals surface area (Å²) in [6.45, 7) is 10.9. The molecule has 0 unspecified atom stereocenters. The fourth-order valence-electron chi connectivity index (χ4n) is 8.83. The van der Waals surface area contributed by atoms with Crippen molar-refractivity contribution >= 4 is 23.2 Å². The lowest BCUT2D eigenvalue weighted by atomic mass is 9.46. The molecule has 7 heteroatoms. The van der Waals surface area contributed by atoms with Crippen molar-refractivity contribution in [2.24, 2.45) is 38.8 Å². The zero-order valence-electron chi connectivity index (χ0n) is 25.8. The standard InChI is InChI=1S/C33H54N4O3/c1-6-8-10-12-29(38)36-34-23(3)33(40)21-18-28-26-15-14-24-22-25(35-37-30(39)13-11-9-7-2)16-19-31(24,4)27(26)17-20-32(28,33)5/h22,26-28,40H,6-21H2,1-5H3,(H,36,38)(H,37,39)/t26-,27+,28+,31+,32+,33+/m1/s1. The molecule has 7 nitrogen and oxygen atoms in total. The van der Waals surface area contributed by atoms with Gasteiger partial charge in [0.25, 0.3) is 0 Å². The normalized spacial score (nSPS) is 36.4. The van der Waals surface area contributed by atoms with E-state index >= 15 is 0 Å². The first-order valence-corrected chi connectivity index (χ1v) is 16.2. The molecule has 6 atom stereocenters. The van der Waals surface area contributed by atoms with Crippen molar-refractivity contribution in [2.45, 2.75) is 143 Å². The van der Waals surface area contributed by atoms with Gasteiger partial charge in [0.1, 0.15) is 5.60 Å². The van der Waals surface area contributed by atoms with Gasteiger partial charge in [0.15, 0.2) is 0 Å². The third-order valence-corrected chi connectivity index (χ3v) is 11.4. The Balaban J connectivity index is 1.43. The Hall–Kier alpha value is -2.02. The van der Waals surface area contributed by atoms with Gasteiger partial charge in [-0.25, -0.2) is 10.9 Å². The average molecular weight is 555 g/mol. The summed E-state index contributed by atoms with van der Waals surface area (Å²) >= 11 is 0. The largest absolute Gasteiger partial charge is 0.383 e. The Morgan fingerprint density at radius 2 is 1.55 bits per heavy atom. The monoisotopic (exact) mass is 554 g/mol. The predicted molar refractivity (Wildman–Crippen MR) is 162 cm³/mol.